The summed E-state index contributed by atoms with van der Waals surface area (Å²) in [6.07, 6.45) is 0. The number of thiol groups is 1. The Hall–Kier alpha value is -1.75. The molecule has 0 saturated heterocycles. The largest absolute Gasteiger partial charge is 0.451 e. The molecular formula is C13H12FNO2S. The summed E-state index contributed by atoms with van der Waals surface area (Å²) in [5.41, 5.74) is 0.727. The van der Waals surface area contributed by atoms with Crippen molar-refractivity contribution in [1.82, 2.24) is 5.32 Å². The second-order valence-electron chi connectivity index (χ2n) is 3.65. The van der Waals surface area contributed by atoms with E-state index >= 15 is 0 Å². The summed E-state index contributed by atoms with van der Waals surface area (Å²) in [5, 5.41) is 2.65. The van der Waals surface area contributed by atoms with E-state index in [2.05, 4.69) is 17.9 Å². The normalized spacial score (nSPS) is 10.3. The maximum absolute atomic E-state index is 12.8. The van der Waals surface area contributed by atoms with E-state index < -0.39 is 0 Å². The Morgan fingerprint density at radius 1 is 1.22 bits per heavy atom. The first-order valence-electron chi connectivity index (χ1n) is 5.45. The number of furan rings is 1. The Labute approximate surface area is 109 Å². The highest BCUT2D eigenvalue weighted by molar-refractivity contribution is 7.80. The van der Waals surface area contributed by atoms with Crippen LogP contribution in [0, 0.1) is 5.82 Å². The standard InChI is InChI=1S/C13H12FNO2S/c14-10-3-1-9(2-4-10)11-5-6-12(17-11)13(16)15-7-8-18/h1-6,18H,7-8H2,(H,15,16). The second kappa shape index (κ2) is 5.73. The number of amides is 1. The molecule has 0 radical (unpaired) electrons. The lowest BCUT2D eigenvalue weighted by Crippen LogP contribution is -2.24. The first kappa shape index (κ1) is 12.7. The summed E-state index contributed by atoms with van der Waals surface area (Å²) in [7, 11) is 0. The Morgan fingerprint density at radius 2 is 1.94 bits per heavy atom. The average Bonchev–Trinajstić information content (AvgIpc) is 2.86. The molecular weight excluding hydrogens is 253 g/mol. The van der Waals surface area contributed by atoms with Crippen LogP contribution in [0.3, 0.4) is 0 Å². The number of benzene rings is 1. The zero-order chi connectivity index (χ0) is 13.0. The second-order valence-corrected chi connectivity index (χ2v) is 4.10. The van der Waals surface area contributed by atoms with Gasteiger partial charge in [0, 0.05) is 17.9 Å². The van der Waals surface area contributed by atoms with Gasteiger partial charge in [-0.15, -0.1) is 0 Å². The Morgan fingerprint density at radius 3 is 2.61 bits per heavy atom. The average molecular weight is 265 g/mol. The van der Waals surface area contributed by atoms with E-state index in [-0.39, 0.29) is 17.5 Å². The molecule has 1 aromatic carbocycles. The maximum Gasteiger partial charge on any atom is 0.287 e. The van der Waals surface area contributed by atoms with Gasteiger partial charge in [0.1, 0.15) is 11.6 Å². The third-order valence-electron chi connectivity index (χ3n) is 2.36. The van der Waals surface area contributed by atoms with Crippen molar-refractivity contribution >= 4 is 18.5 Å². The molecule has 0 atom stereocenters. The van der Waals surface area contributed by atoms with Crippen molar-refractivity contribution < 1.29 is 13.6 Å². The van der Waals surface area contributed by atoms with Crippen LogP contribution in [0.4, 0.5) is 4.39 Å². The fourth-order valence-corrected chi connectivity index (χ4v) is 1.60. The number of halogens is 1. The molecule has 0 unspecified atom stereocenters. The molecule has 0 saturated carbocycles. The van der Waals surface area contributed by atoms with Crippen molar-refractivity contribution in [3.05, 3.63) is 48.0 Å². The molecule has 2 aromatic rings. The first-order chi connectivity index (χ1) is 8.70. The number of hydrogen-bond acceptors (Lipinski definition) is 3. The van der Waals surface area contributed by atoms with Crippen molar-refractivity contribution in [1.29, 1.82) is 0 Å². The van der Waals surface area contributed by atoms with Gasteiger partial charge in [-0.05, 0) is 36.4 Å². The van der Waals surface area contributed by atoms with Crippen LogP contribution in [-0.4, -0.2) is 18.2 Å². The molecule has 0 aliphatic rings. The Bertz CT molecular complexity index is 536. The summed E-state index contributed by atoms with van der Waals surface area (Å²) in [4.78, 5) is 11.6. The van der Waals surface area contributed by atoms with E-state index in [0.29, 0.717) is 18.1 Å². The lowest BCUT2D eigenvalue weighted by molar-refractivity contribution is 0.0929. The van der Waals surface area contributed by atoms with Crippen molar-refractivity contribution in [2.45, 2.75) is 0 Å². The molecule has 0 aliphatic heterocycles. The molecule has 1 N–H and O–H groups in total. The van der Waals surface area contributed by atoms with Gasteiger partial charge in [-0.25, -0.2) is 4.39 Å². The number of carbonyl (C=O) groups is 1. The minimum atomic E-state index is -0.308. The van der Waals surface area contributed by atoms with E-state index in [9.17, 15) is 9.18 Å². The van der Waals surface area contributed by atoms with Crippen molar-refractivity contribution in [2.75, 3.05) is 12.3 Å². The van der Waals surface area contributed by atoms with Crippen molar-refractivity contribution in [3.63, 3.8) is 0 Å². The third-order valence-corrected chi connectivity index (χ3v) is 2.58. The molecule has 94 valence electrons. The molecule has 0 fully saturated rings. The van der Waals surface area contributed by atoms with E-state index in [1.54, 1.807) is 24.3 Å². The van der Waals surface area contributed by atoms with Gasteiger partial charge in [0.25, 0.3) is 5.91 Å². The summed E-state index contributed by atoms with van der Waals surface area (Å²) in [6, 6.07) is 9.17. The summed E-state index contributed by atoms with van der Waals surface area (Å²) in [6.45, 7) is 0.481. The number of hydrogen-bond donors (Lipinski definition) is 2. The van der Waals surface area contributed by atoms with Crippen LogP contribution in [-0.2, 0) is 0 Å². The number of nitrogens with one attached hydrogen (secondary N) is 1. The minimum absolute atomic E-state index is 0.233. The Kier molecular flexibility index (Phi) is 4.04. The molecule has 0 spiro atoms. The lowest BCUT2D eigenvalue weighted by Gasteiger charge is -2.00. The number of carbonyl (C=O) groups excluding carboxylic acids is 1. The molecule has 1 aromatic heterocycles. The third kappa shape index (κ3) is 2.92. The molecule has 3 nitrogen and oxygen atoms in total. The SMILES string of the molecule is O=C(NCCS)c1ccc(-c2ccc(F)cc2)o1. The van der Waals surface area contributed by atoms with Crippen LogP contribution in [0.5, 0.6) is 0 Å². The molecule has 2 rings (SSSR count). The van der Waals surface area contributed by atoms with Gasteiger partial charge in [0.05, 0.1) is 0 Å². The fourth-order valence-electron chi connectivity index (χ4n) is 1.49. The lowest BCUT2D eigenvalue weighted by atomic mass is 10.2. The quantitative estimate of drug-likeness (QED) is 0.835. The molecule has 1 amide bonds. The highest BCUT2D eigenvalue weighted by Gasteiger charge is 2.11. The molecule has 5 heteroatoms. The zero-order valence-electron chi connectivity index (χ0n) is 9.52. The molecule has 0 bridgehead atoms. The summed E-state index contributed by atoms with van der Waals surface area (Å²) in [5.74, 6) is 0.744. The molecule has 0 aliphatic carbocycles. The van der Waals surface area contributed by atoms with Crippen LogP contribution in [0.15, 0.2) is 40.8 Å². The van der Waals surface area contributed by atoms with E-state index in [4.69, 9.17) is 4.42 Å². The molecule has 1 heterocycles. The van der Waals surface area contributed by atoms with Crippen LogP contribution in [0.25, 0.3) is 11.3 Å². The Balaban J connectivity index is 2.15. The predicted molar refractivity (Wildman–Crippen MR) is 70.3 cm³/mol. The van der Waals surface area contributed by atoms with E-state index in [1.807, 2.05) is 0 Å². The fraction of sp³-hybridized carbons (Fsp3) is 0.154. The van der Waals surface area contributed by atoms with E-state index in [1.165, 1.54) is 12.1 Å². The van der Waals surface area contributed by atoms with Crippen LogP contribution in [0.1, 0.15) is 10.6 Å². The van der Waals surface area contributed by atoms with Gasteiger partial charge in [-0.3, -0.25) is 4.79 Å². The predicted octanol–water partition coefficient (Wildman–Crippen LogP) is 2.75. The van der Waals surface area contributed by atoms with Crippen molar-refractivity contribution in [3.8, 4) is 11.3 Å². The van der Waals surface area contributed by atoms with Crippen molar-refractivity contribution in [2.24, 2.45) is 0 Å². The summed E-state index contributed by atoms with van der Waals surface area (Å²) >= 11 is 4.00. The van der Waals surface area contributed by atoms with Gasteiger partial charge in [0.15, 0.2) is 5.76 Å². The van der Waals surface area contributed by atoms with Gasteiger partial charge >= 0.3 is 0 Å². The highest BCUT2D eigenvalue weighted by Crippen LogP contribution is 2.22. The van der Waals surface area contributed by atoms with Crippen LogP contribution in [0.2, 0.25) is 0 Å². The monoisotopic (exact) mass is 265 g/mol. The zero-order valence-corrected chi connectivity index (χ0v) is 10.4. The first-order valence-corrected chi connectivity index (χ1v) is 6.09. The van der Waals surface area contributed by atoms with E-state index in [0.717, 1.165) is 5.56 Å². The number of rotatable bonds is 4. The van der Waals surface area contributed by atoms with Gasteiger partial charge in [-0.2, -0.15) is 12.6 Å². The highest BCUT2D eigenvalue weighted by atomic mass is 32.1. The van der Waals surface area contributed by atoms with Crippen LogP contribution < -0.4 is 5.32 Å². The van der Waals surface area contributed by atoms with Gasteiger partial charge in [-0.1, -0.05) is 0 Å². The minimum Gasteiger partial charge on any atom is -0.451 e. The van der Waals surface area contributed by atoms with Gasteiger partial charge < -0.3 is 9.73 Å². The van der Waals surface area contributed by atoms with Gasteiger partial charge in [0.2, 0.25) is 0 Å². The van der Waals surface area contributed by atoms with Crippen LogP contribution >= 0.6 is 12.6 Å². The topological polar surface area (TPSA) is 42.2 Å². The summed E-state index contributed by atoms with van der Waals surface area (Å²) < 4.78 is 18.2. The maximum atomic E-state index is 12.8. The smallest absolute Gasteiger partial charge is 0.287 e. The molecule has 18 heavy (non-hydrogen) atoms.